The van der Waals surface area contributed by atoms with Crippen LogP contribution in [-0.2, 0) is 0 Å². The molecule has 0 saturated carbocycles. The van der Waals surface area contributed by atoms with E-state index in [9.17, 15) is 0 Å². The fourth-order valence-corrected chi connectivity index (χ4v) is 1.85. The first-order valence-corrected chi connectivity index (χ1v) is 6.32. The van der Waals surface area contributed by atoms with Crippen LogP contribution in [0, 0.1) is 13.8 Å². The maximum absolute atomic E-state index is 4.41. The zero-order valence-electron chi connectivity index (χ0n) is 10.0. The van der Waals surface area contributed by atoms with E-state index in [0.717, 1.165) is 23.2 Å². The quantitative estimate of drug-likeness (QED) is 0.613. The number of hydrogen-bond donors (Lipinski definition) is 0. The van der Waals surface area contributed by atoms with Crippen LogP contribution in [0.25, 0.3) is 11.9 Å². The van der Waals surface area contributed by atoms with Gasteiger partial charge in [0.05, 0.1) is 5.69 Å². The Morgan fingerprint density at radius 3 is 2.59 bits per heavy atom. The minimum absolute atomic E-state index is 0.699. The predicted molar refractivity (Wildman–Crippen MR) is 68.3 cm³/mol. The van der Waals surface area contributed by atoms with Crippen LogP contribution in [0.3, 0.4) is 0 Å². The van der Waals surface area contributed by atoms with Crippen LogP contribution in [0.2, 0.25) is 0 Å². The van der Waals surface area contributed by atoms with Crippen LogP contribution in [0.1, 0.15) is 17.3 Å². The molecule has 0 aliphatic rings. The highest BCUT2D eigenvalue weighted by molar-refractivity contribution is 7.98. The summed E-state index contributed by atoms with van der Waals surface area (Å²) in [4.78, 5) is 13.0. The summed E-state index contributed by atoms with van der Waals surface area (Å²) >= 11 is 1.49. The third-order valence-corrected chi connectivity index (χ3v) is 2.74. The van der Waals surface area contributed by atoms with Gasteiger partial charge in [0.2, 0.25) is 0 Å². The Labute approximate surface area is 104 Å². The van der Waals surface area contributed by atoms with E-state index in [1.54, 1.807) is 10.8 Å². The average Bonchev–Trinajstić information content (AvgIpc) is 2.67. The molecule has 0 spiro atoms. The Bertz CT molecular complexity index is 561. The monoisotopic (exact) mass is 247 g/mol. The molecule has 2 heterocycles. The summed E-state index contributed by atoms with van der Waals surface area (Å²) < 4.78 is 1.71. The first kappa shape index (κ1) is 11.8. The highest BCUT2D eigenvalue weighted by Gasteiger charge is 2.09. The largest absolute Gasteiger partial charge is 0.223 e. The van der Waals surface area contributed by atoms with Gasteiger partial charge in [-0.1, -0.05) is 18.3 Å². The second-order valence-corrected chi connectivity index (χ2v) is 4.23. The lowest BCUT2D eigenvalue weighted by Crippen LogP contribution is -2.05. The maximum atomic E-state index is 4.41. The molecule has 5 nitrogen and oxygen atoms in total. The minimum Gasteiger partial charge on any atom is -0.223 e. The standard InChI is InChI=1S/C11H13N5S/c1-5-9-6-10(14-11(13-9)17-4)16-8(3)12-7(2)15-16/h5-6H,1H2,2-4H3. The molecule has 2 aromatic heterocycles. The summed E-state index contributed by atoms with van der Waals surface area (Å²) in [5.41, 5.74) is 0.784. The van der Waals surface area contributed by atoms with Crippen molar-refractivity contribution in [1.29, 1.82) is 0 Å². The van der Waals surface area contributed by atoms with Crippen molar-refractivity contribution in [2.24, 2.45) is 0 Å². The molecule has 2 rings (SSSR count). The molecule has 6 heteroatoms. The summed E-state index contributed by atoms with van der Waals surface area (Å²) in [5, 5.41) is 5.00. The van der Waals surface area contributed by atoms with Crippen molar-refractivity contribution in [1.82, 2.24) is 24.7 Å². The van der Waals surface area contributed by atoms with Crippen molar-refractivity contribution >= 4 is 17.8 Å². The average molecular weight is 247 g/mol. The number of aryl methyl sites for hydroxylation is 2. The fraction of sp³-hybridized carbons (Fsp3) is 0.273. The van der Waals surface area contributed by atoms with Crippen molar-refractivity contribution in [2.75, 3.05) is 6.26 Å². The molecule has 0 radical (unpaired) electrons. The van der Waals surface area contributed by atoms with Crippen LogP contribution in [-0.4, -0.2) is 31.0 Å². The number of hydrogen-bond acceptors (Lipinski definition) is 5. The van der Waals surface area contributed by atoms with E-state index in [1.807, 2.05) is 26.2 Å². The third kappa shape index (κ3) is 2.36. The van der Waals surface area contributed by atoms with Gasteiger partial charge < -0.3 is 0 Å². The minimum atomic E-state index is 0.699. The first-order valence-electron chi connectivity index (χ1n) is 5.10. The van der Waals surface area contributed by atoms with E-state index < -0.39 is 0 Å². The molecular formula is C11H13N5S. The smallest absolute Gasteiger partial charge is 0.189 e. The van der Waals surface area contributed by atoms with Crippen molar-refractivity contribution in [2.45, 2.75) is 19.0 Å². The Kier molecular flexibility index (Phi) is 3.23. The van der Waals surface area contributed by atoms with Gasteiger partial charge in [-0.15, -0.1) is 5.10 Å². The van der Waals surface area contributed by atoms with Crippen LogP contribution >= 0.6 is 11.8 Å². The van der Waals surface area contributed by atoms with Gasteiger partial charge in [-0.25, -0.2) is 15.0 Å². The molecule has 17 heavy (non-hydrogen) atoms. The molecule has 0 aromatic carbocycles. The van der Waals surface area contributed by atoms with Crippen molar-refractivity contribution in [3.8, 4) is 5.82 Å². The van der Waals surface area contributed by atoms with Crippen LogP contribution < -0.4 is 0 Å². The topological polar surface area (TPSA) is 56.5 Å². The van der Waals surface area contributed by atoms with E-state index in [4.69, 9.17) is 0 Å². The molecule has 0 aliphatic carbocycles. The third-order valence-electron chi connectivity index (χ3n) is 2.20. The van der Waals surface area contributed by atoms with E-state index in [0.29, 0.717) is 5.16 Å². The molecule has 2 aromatic rings. The molecule has 0 amide bonds. The molecule has 0 N–H and O–H groups in total. The summed E-state index contributed by atoms with van der Waals surface area (Å²) in [7, 11) is 0. The van der Waals surface area contributed by atoms with E-state index in [-0.39, 0.29) is 0 Å². The second kappa shape index (κ2) is 4.67. The Hall–Kier alpha value is -1.69. The summed E-state index contributed by atoms with van der Waals surface area (Å²) in [6.07, 6.45) is 3.63. The van der Waals surface area contributed by atoms with Crippen LogP contribution in [0.15, 0.2) is 17.8 Å². The summed E-state index contributed by atoms with van der Waals surface area (Å²) in [6, 6.07) is 1.84. The molecule has 0 aliphatic heterocycles. The molecule has 0 bridgehead atoms. The fourth-order valence-electron chi connectivity index (χ4n) is 1.47. The van der Waals surface area contributed by atoms with Crippen molar-refractivity contribution < 1.29 is 0 Å². The predicted octanol–water partition coefficient (Wildman–Crippen LogP) is 2.04. The molecule has 0 fully saturated rings. The van der Waals surface area contributed by atoms with Crippen LogP contribution in [0.4, 0.5) is 0 Å². The number of nitrogens with zero attached hydrogens (tertiary/aromatic N) is 5. The van der Waals surface area contributed by atoms with Crippen LogP contribution in [0.5, 0.6) is 0 Å². The van der Waals surface area contributed by atoms with Gasteiger partial charge >= 0.3 is 0 Å². The van der Waals surface area contributed by atoms with E-state index >= 15 is 0 Å². The zero-order chi connectivity index (χ0) is 12.4. The lowest BCUT2D eigenvalue weighted by Gasteiger charge is -2.05. The van der Waals surface area contributed by atoms with Crippen molar-refractivity contribution in [3.05, 3.63) is 30.0 Å². The first-order chi connectivity index (χ1) is 8.13. The Morgan fingerprint density at radius 1 is 1.29 bits per heavy atom. The van der Waals surface area contributed by atoms with Gasteiger partial charge in [0.25, 0.3) is 0 Å². The highest BCUT2D eigenvalue weighted by Crippen LogP contribution is 2.15. The highest BCUT2D eigenvalue weighted by atomic mass is 32.2. The molecule has 0 unspecified atom stereocenters. The molecule has 88 valence electrons. The van der Waals surface area contributed by atoms with E-state index in [2.05, 4.69) is 26.6 Å². The van der Waals surface area contributed by atoms with Crippen molar-refractivity contribution in [3.63, 3.8) is 0 Å². The second-order valence-electron chi connectivity index (χ2n) is 3.46. The number of aromatic nitrogens is 5. The molecule has 0 saturated heterocycles. The Balaban J connectivity index is 2.58. The summed E-state index contributed by atoms with van der Waals surface area (Å²) in [5.74, 6) is 2.26. The molecular weight excluding hydrogens is 234 g/mol. The van der Waals surface area contributed by atoms with Gasteiger partial charge in [0.1, 0.15) is 11.6 Å². The summed E-state index contributed by atoms with van der Waals surface area (Å²) in [6.45, 7) is 7.48. The van der Waals surface area contributed by atoms with Gasteiger partial charge in [-0.2, -0.15) is 4.68 Å². The zero-order valence-corrected chi connectivity index (χ0v) is 10.8. The molecule has 0 atom stereocenters. The SMILES string of the molecule is C=Cc1cc(-n2nc(C)nc2C)nc(SC)n1. The van der Waals surface area contributed by atoms with Gasteiger partial charge in [-0.3, -0.25) is 0 Å². The van der Waals surface area contributed by atoms with Gasteiger partial charge in [-0.05, 0) is 26.2 Å². The lowest BCUT2D eigenvalue weighted by molar-refractivity contribution is 0.773. The number of rotatable bonds is 3. The normalized spacial score (nSPS) is 10.5. The maximum Gasteiger partial charge on any atom is 0.189 e. The lowest BCUT2D eigenvalue weighted by atomic mass is 10.4. The van der Waals surface area contributed by atoms with E-state index in [1.165, 1.54) is 11.8 Å². The van der Waals surface area contributed by atoms with Gasteiger partial charge in [0.15, 0.2) is 11.0 Å². The van der Waals surface area contributed by atoms with Gasteiger partial charge in [0, 0.05) is 6.07 Å². The Morgan fingerprint density at radius 2 is 2.06 bits per heavy atom. The number of thioether (sulfide) groups is 1.